The van der Waals surface area contributed by atoms with Crippen LogP contribution < -0.4 is 5.43 Å². The third kappa shape index (κ3) is 3.82. The van der Waals surface area contributed by atoms with Crippen LogP contribution in [0.4, 0.5) is 0 Å². The summed E-state index contributed by atoms with van der Waals surface area (Å²) < 4.78 is 0.882. The highest BCUT2D eigenvalue weighted by atomic mass is 79.9. The quantitative estimate of drug-likeness (QED) is 0.589. The number of nitrogens with one attached hydrogen (secondary N) is 1. The number of hydrogen-bond acceptors (Lipinski definition) is 4. The second kappa shape index (κ2) is 6.41. The predicted molar refractivity (Wildman–Crippen MR) is 83.7 cm³/mol. The lowest BCUT2D eigenvalue weighted by molar-refractivity contribution is 0.0955. The van der Waals surface area contributed by atoms with Gasteiger partial charge in [0.25, 0.3) is 5.91 Å². The van der Waals surface area contributed by atoms with E-state index in [1.807, 2.05) is 0 Å². The molecule has 0 bridgehead atoms. The first kappa shape index (κ1) is 15.1. The maximum absolute atomic E-state index is 11.8. The van der Waals surface area contributed by atoms with Crippen LogP contribution in [0.3, 0.4) is 0 Å². The smallest absolute Gasteiger partial charge is 0.271 e. The standard InChI is InChI=1S/C15H13BrN2O3/c1-9-6-12(19)7-14(20)13(9)8-17-18-15(21)10-2-4-11(16)5-3-10/h2-8,19-20H,1H3,(H,18,21). The number of carbonyl (C=O) groups excluding carboxylic acids is 1. The number of aryl methyl sites for hydroxylation is 1. The number of hydrazone groups is 1. The lowest BCUT2D eigenvalue weighted by Gasteiger charge is -2.04. The Morgan fingerprint density at radius 1 is 1.24 bits per heavy atom. The van der Waals surface area contributed by atoms with Gasteiger partial charge in [-0.3, -0.25) is 4.79 Å². The number of aromatic hydroxyl groups is 2. The summed E-state index contributed by atoms with van der Waals surface area (Å²) >= 11 is 3.29. The topological polar surface area (TPSA) is 81.9 Å². The van der Waals surface area contributed by atoms with Gasteiger partial charge in [-0.1, -0.05) is 15.9 Å². The molecule has 0 saturated carbocycles. The maximum Gasteiger partial charge on any atom is 0.271 e. The van der Waals surface area contributed by atoms with Gasteiger partial charge in [-0.2, -0.15) is 5.10 Å². The Kier molecular flexibility index (Phi) is 4.59. The second-order valence-corrected chi connectivity index (χ2v) is 5.32. The van der Waals surface area contributed by atoms with Crippen LogP contribution in [-0.2, 0) is 0 Å². The van der Waals surface area contributed by atoms with Gasteiger partial charge in [-0.05, 0) is 42.8 Å². The van der Waals surface area contributed by atoms with Gasteiger partial charge < -0.3 is 10.2 Å². The largest absolute Gasteiger partial charge is 0.508 e. The highest BCUT2D eigenvalue weighted by Gasteiger charge is 2.06. The molecule has 0 fully saturated rings. The van der Waals surface area contributed by atoms with Crippen molar-refractivity contribution in [3.05, 3.63) is 57.6 Å². The Balaban J connectivity index is 2.09. The van der Waals surface area contributed by atoms with E-state index in [1.165, 1.54) is 18.3 Å². The van der Waals surface area contributed by atoms with Crippen molar-refractivity contribution in [1.29, 1.82) is 0 Å². The Bertz CT molecular complexity index is 674. The number of benzene rings is 2. The molecule has 0 radical (unpaired) electrons. The average molecular weight is 349 g/mol. The molecule has 2 aromatic rings. The van der Waals surface area contributed by atoms with Crippen LogP contribution in [0.1, 0.15) is 21.5 Å². The number of hydrogen-bond donors (Lipinski definition) is 3. The third-order valence-corrected chi connectivity index (χ3v) is 3.34. The summed E-state index contributed by atoms with van der Waals surface area (Å²) in [5, 5.41) is 22.9. The SMILES string of the molecule is Cc1cc(O)cc(O)c1C=NNC(=O)c1ccc(Br)cc1. The van der Waals surface area contributed by atoms with Crippen molar-refractivity contribution < 1.29 is 15.0 Å². The maximum atomic E-state index is 11.8. The van der Waals surface area contributed by atoms with Gasteiger partial charge in [0.15, 0.2) is 0 Å². The van der Waals surface area contributed by atoms with Crippen molar-refractivity contribution in [1.82, 2.24) is 5.43 Å². The average Bonchev–Trinajstić information content (AvgIpc) is 2.42. The van der Waals surface area contributed by atoms with Crippen LogP contribution in [0.25, 0.3) is 0 Å². The van der Waals surface area contributed by atoms with Crippen LogP contribution in [0.15, 0.2) is 46.0 Å². The molecular weight excluding hydrogens is 336 g/mol. The number of halogens is 1. The Labute approximate surface area is 130 Å². The molecule has 0 aliphatic rings. The first-order chi connectivity index (χ1) is 9.97. The van der Waals surface area contributed by atoms with Gasteiger partial charge in [0.05, 0.1) is 6.21 Å². The molecule has 108 valence electrons. The molecule has 6 heteroatoms. The minimum absolute atomic E-state index is 0.0268. The highest BCUT2D eigenvalue weighted by Crippen LogP contribution is 2.24. The van der Waals surface area contributed by atoms with Crippen LogP contribution in [0.2, 0.25) is 0 Å². The Hall–Kier alpha value is -2.34. The fourth-order valence-electron chi connectivity index (χ4n) is 1.75. The molecule has 0 unspecified atom stereocenters. The zero-order valence-corrected chi connectivity index (χ0v) is 12.8. The predicted octanol–water partition coefficient (Wildman–Crippen LogP) is 2.93. The number of amides is 1. The summed E-state index contributed by atoms with van der Waals surface area (Å²) in [5.41, 5.74) is 3.93. The minimum atomic E-state index is -0.352. The fourth-order valence-corrected chi connectivity index (χ4v) is 2.01. The summed E-state index contributed by atoms with van der Waals surface area (Å²) in [6.07, 6.45) is 1.33. The van der Waals surface area contributed by atoms with Crippen molar-refractivity contribution in [2.24, 2.45) is 5.10 Å². The summed E-state index contributed by atoms with van der Waals surface area (Å²) in [4.78, 5) is 11.8. The van der Waals surface area contributed by atoms with Crippen LogP contribution >= 0.6 is 15.9 Å². The van der Waals surface area contributed by atoms with E-state index in [-0.39, 0.29) is 17.4 Å². The summed E-state index contributed by atoms with van der Waals surface area (Å²) in [5.74, 6) is -0.482. The van der Waals surface area contributed by atoms with E-state index < -0.39 is 0 Å². The van der Waals surface area contributed by atoms with E-state index in [1.54, 1.807) is 31.2 Å². The number of carbonyl (C=O) groups is 1. The van der Waals surface area contributed by atoms with Gasteiger partial charge in [-0.25, -0.2) is 5.43 Å². The third-order valence-electron chi connectivity index (χ3n) is 2.82. The van der Waals surface area contributed by atoms with Crippen LogP contribution in [0.5, 0.6) is 11.5 Å². The van der Waals surface area contributed by atoms with Gasteiger partial charge in [0, 0.05) is 21.7 Å². The van der Waals surface area contributed by atoms with Crippen LogP contribution in [0, 0.1) is 6.92 Å². The lowest BCUT2D eigenvalue weighted by atomic mass is 10.1. The molecule has 0 atom stereocenters. The molecule has 0 saturated heterocycles. The highest BCUT2D eigenvalue weighted by molar-refractivity contribution is 9.10. The monoisotopic (exact) mass is 348 g/mol. The molecule has 2 aromatic carbocycles. The molecule has 0 aromatic heterocycles. The molecule has 1 amide bonds. The Morgan fingerprint density at radius 2 is 1.90 bits per heavy atom. The first-order valence-corrected chi connectivity index (χ1v) is 6.88. The van der Waals surface area contributed by atoms with Crippen molar-refractivity contribution >= 4 is 28.1 Å². The number of phenolic OH excluding ortho intramolecular Hbond substituents is 2. The molecular formula is C15H13BrN2O3. The normalized spacial score (nSPS) is 10.8. The number of nitrogens with zero attached hydrogens (tertiary/aromatic N) is 1. The van der Waals surface area contributed by atoms with Gasteiger partial charge in [0.1, 0.15) is 11.5 Å². The zero-order chi connectivity index (χ0) is 15.4. The van der Waals surface area contributed by atoms with E-state index in [0.29, 0.717) is 16.7 Å². The molecule has 0 spiro atoms. The van der Waals surface area contributed by atoms with E-state index in [0.717, 1.165) is 4.47 Å². The molecule has 5 nitrogen and oxygen atoms in total. The Morgan fingerprint density at radius 3 is 2.52 bits per heavy atom. The van der Waals surface area contributed by atoms with E-state index >= 15 is 0 Å². The van der Waals surface area contributed by atoms with E-state index in [2.05, 4.69) is 26.5 Å². The van der Waals surface area contributed by atoms with Crippen molar-refractivity contribution in [2.75, 3.05) is 0 Å². The van der Waals surface area contributed by atoms with Gasteiger partial charge in [0.2, 0.25) is 0 Å². The van der Waals surface area contributed by atoms with Crippen molar-refractivity contribution in [3.8, 4) is 11.5 Å². The molecule has 2 rings (SSSR count). The number of phenols is 2. The summed E-state index contributed by atoms with van der Waals surface area (Å²) in [6, 6.07) is 9.56. The van der Waals surface area contributed by atoms with Crippen molar-refractivity contribution in [2.45, 2.75) is 6.92 Å². The molecule has 0 heterocycles. The summed E-state index contributed by atoms with van der Waals surface area (Å²) in [7, 11) is 0. The summed E-state index contributed by atoms with van der Waals surface area (Å²) in [6.45, 7) is 1.72. The van der Waals surface area contributed by atoms with E-state index in [4.69, 9.17) is 0 Å². The fraction of sp³-hybridized carbons (Fsp3) is 0.0667. The second-order valence-electron chi connectivity index (χ2n) is 4.40. The number of rotatable bonds is 3. The van der Waals surface area contributed by atoms with Gasteiger partial charge in [-0.15, -0.1) is 0 Å². The van der Waals surface area contributed by atoms with Gasteiger partial charge >= 0.3 is 0 Å². The van der Waals surface area contributed by atoms with Crippen LogP contribution in [-0.4, -0.2) is 22.3 Å². The lowest BCUT2D eigenvalue weighted by Crippen LogP contribution is -2.17. The molecule has 3 N–H and O–H groups in total. The van der Waals surface area contributed by atoms with Crippen molar-refractivity contribution in [3.63, 3.8) is 0 Å². The minimum Gasteiger partial charge on any atom is -0.508 e. The molecule has 0 aliphatic carbocycles. The van der Waals surface area contributed by atoms with E-state index in [9.17, 15) is 15.0 Å². The molecule has 21 heavy (non-hydrogen) atoms. The first-order valence-electron chi connectivity index (χ1n) is 6.09. The zero-order valence-electron chi connectivity index (χ0n) is 11.2. The molecule has 0 aliphatic heterocycles.